The second-order valence-electron chi connectivity index (χ2n) is 6.78. The number of methoxy groups -OCH3 is 1. The average Bonchev–Trinajstić information content (AvgIpc) is 2.48. The van der Waals surface area contributed by atoms with Gasteiger partial charge in [-0.1, -0.05) is 20.8 Å². The molecule has 1 aromatic rings. The van der Waals surface area contributed by atoms with Crippen LogP contribution in [0.25, 0.3) is 0 Å². The van der Waals surface area contributed by atoms with E-state index in [0.29, 0.717) is 23.9 Å². The molecule has 132 valence electrons. The Labute approximate surface area is 157 Å². The molecule has 0 saturated carbocycles. The zero-order valence-electron chi connectivity index (χ0n) is 15.1. The molecule has 0 radical (unpaired) electrons. The van der Waals surface area contributed by atoms with Crippen LogP contribution in [0.3, 0.4) is 0 Å². The fourth-order valence-electron chi connectivity index (χ4n) is 2.01. The van der Waals surface area contributed by atoms with Gasteiger partial charge >= 0.3 is 0 Å². The Hall–Kier alpha value is -1.05. The molecule has 0 aromatic carbocycles. The number of guanidine groups is 1. The lowest BCUT2D eigenvalue weighted by Gasteiger charge is -2.23. The summed E-state index contributed by atoms with van der Waals surface area (Å²) in [5.74, 6) is 1.44. The van der Waals surface area contributed by atoms with Crippen LogP contribution in [-0.4, -0.2) is 31.1 Å². The van der Waals surface area contributed by atoms with Crippen molar-refractivity contribution >= 4 is 29.9 Å². The van der Waals surface area contributed by atoms with Crippen LogP contribution in [0.4, 0.5) is 0 Å². The number of aromatic nitrogens is 1. The van der Waals surface area contributed by atoms with E-state index in [-0.39, 0.29) is 24.0 Å². The highest BCUT2D eigenvalue weighted by Crippen LogP contribution is 2.21. The molecule has 0 aliphatic rings. The highest BCUT2D eigenvalue weighted by atomic mass is 127. The molecular formula is C17H31IN4O. The van der Waals surface area contributed by atoms with E-state index in [1.165, 1.54) is 6.42 Å². The maximum absolute atomic E-state index is 5.13. The van der Waals surface area contributed by atoms with Gasteiger partial charge in [0.2, 0.25) is 5.88 Å². The summed E-state index contributed by atoms with van der Waals surface area (Å²) in [5.41, 5.74) is 1.47. The monoisotopic (exact) mass is 434 g/mol. The van der Waals surface area contributed by atoms with E-state index in [1.54, 1.807) is 20.4 Å². The summed E-state index contributed by atoms with van der Waals surface area (Å²) in [4.78, 5) is 8.38. The molecule has 1 aromatic heterocycles. The highest BCUT2D eigenvalue weighted by molar-refractivity contribution is 14.0. The van der Waals surface area contributed by atoms with Gasteiger partial charge in [-0.05, 0) is 36.8 Å². The van der Waals surface area contributed by atoms with Gasteiger partial charge in [0.1, 0.15) is 0 Å². The topological polar surface area (TPSA) is 58.5 Å². The van der Waals surface area contributed by atoms with Crippen molar-refractivity contribution in [3.63, 3.8) is 0 Å². The first-order valence-electron chi connectivity index (χ1n) is 7.80. The van der Waals surface area contributed by atoms with E-state index < -0.39 is 0 Å². The zero-order valence-corrected chi connectivity index (χ0v) is 17.5. The lowest BCUT2D eigenvalue weighted by Crippen LogP contribution is -2.42. The van der Waals surface area contributed by atoms with Crippen molar-refractivity contribution in [2.75, 3.05) is 14.2 Å². The molecule has 0 fully saturated rings. The van der Waals surface area contributed by atoms with E-state index in [4.69, 9.17) is 4.74 Å². The van der Waals surface area contributed by atoms with Crippen molar-refractivity contribution in [1.82, 2.24) is 15.6 Å². The number of aliphatic imine (C=N–C) groups is 1. The van der Waals surface area contributed by atoms with Gasteiger partial charge in [-0.3, -0.25) is 4.99 Å². The minimum atomic E-state index is 0. The molecular weight excluding hydrogens is 403 g/mol. The fraction of sp³-hybridized carbons (Fsp3) is 0.647. The van der Waals surface area contributed by atoms with Gasteiger partial charge in [0.15, 0.2) is 5.96 Å². The third kappa shape index (κ3) is 9.63. The number of nitrogens with one attached hydrogen (secondary N) is 2. The van der Waals surface area contributed by atoms with E-state index in [2.05, 4.69) is 48.3 Å². The smallest absolute Gasteiger partial charge is 0.213 e. The van der Waals surface area contributed by atoms with Gasteiger partial charge in [-0.25, -0.2) is 4.98 Å². The second kappa shape index (κ2) is 10.7. The third-order valence-electron chi connectivity index (χ3n) is 3.40. The number of ether oxygens (including phenoxy) is 1. The van der Waals surface area contributed by atoms with E-state index in [9.17, 15) is 0 Å². The summed E-state index contributed by atoms with van der Waals surface area (Å²) in [6.45, 7) is 9.68. The zero-order chi connectivity index (χ0) is 16.6. The van der Waals surface area contributed by atoms with Crippen molar-refractivity contribution in [3.05, 3.63) is 23.9 Å². The van der Waals surface area contributed by atoms with Crippen LogP contribution < -0.4 is 15.4 Å². The summed E-state index contributed by atoms with van der Waals surface area (Å²) >= 11 is 0. The molecule has 6 heteroatoms. The molecule has 0 spiro atoms. The first kappa shape index (κ1) is 21.9. The predicted molar refractivity (Wildman–Crippen MR) is 108 cm³/mol. The largest absolute Gasteiger partial charge is 0.481 e. The van der Waals surface area contributed by atoms with Crippen LogP contribution >= 0.6 is 24.0 Å². The first-order chi connectivity index (χ1) is 10.3. The SMILES string of the molecule is CN=C(NCc1ccnc(OC)c1)NC(C)CCC(C)(C)C.I. The quantitative estimate of drug-likeness (QED) is 0.408. The summed E-state index contributed by atoms with van der Waals surface area (Å²) in [6.07, 6.45) is 4.05. The van der Waals surface area contributed by atoms with Crippen LogP contribution in [-0.2, 0) is 6.54 Å². The van der Waals surface area contributed by atoms with Gasteiger partial charge in [-0.2, -0.15) is 0 Å². The number of hydrogen-bond acceptors (Lipinski definition) is 3. The van der Waals surface area contributed by atoms with Crippen LogP contribution in [0.5, 0.6) is 5.88 Å². The maximum Gasteiger partial charge on any atom is 0.213 e. The number of pyridine rings is 1. The van der Waals surface area contributed by atoms with Gasteiger partial charge < -0.3 is 15.4 Å². The van der Waals surface area contributed by atoms with Crippen molar-refractivity contribution in [3.8, 4) is 5.88 Å². The van der Waals surface area contributed by atoms with Crippen molar-refractivity contribution in [1.29, 1.82) is 0 Å². The average molecular weight is 434 g/mol. The van der Waals surface area contributed by atoms with Crippen LogP contribution in [0.1, 0.15) is 46.1 Å². The van der Waals surface area contributed by atoms with Crippen molar-refractivity contribution < 1.29 is 4.74 Å². The van der Waals surface area contributed by atoms with E-state index in [0.717, 1.165) is 17.9 Å². The van der Waals surface area contributed by atoms with E-state index >= 15 is 0 Å². The maximum atomic E-state index is 5.13. The van der Waals surface area contributed by atoms with E-state index in [1.807, 2.05) is 12.1 Å². The minimum Gasteiger partial charge on any atom is -0.481 e. The summed E-state index contributed by atoms with van der Waals surface area (Å²) in [6, 6.07) is 4.27. The van der Waals surface area contributed by atoms with Crippen LogP contribution in [0, 0.1) is 5.41 Å². The Balaban J connectivity index is 0.00000484. The minimum absolute atomic E-state index is 0. The molecule has 0 aliphatic heterocycles. The summed E-state index contributed by atoms with van der Waals surface area (Å²) < 4.78 is 5.13. The highest BCUT2D eigenvalue weighted by Gasteiger charge is 2.13. The summed E-state index contributed by atoms with van der Waals surface area (Å²) in [5, 5.41) is 6.75. The molecule has 0 saturated heterocycles. The number of hydrogen-bond donors (Lipinski definition) is 2. The Kier molecular flexibility index (Phi) is 10.2. The molecule has 1 unspecified atom stereocenters. The molecule has 1 atom stereocenters. The molecule has 0 aliphatic carbocycles. The Morgan fingerprint density at radius 1 is 1.39 bits per heavy atom. The second-order valence-corrected chi connectivity index (χ2v) is 6.78. The normalized spacial score (nSPS) is 13.0. The molecule has 0 amide bonds. The molecule has 2 N–H and O–H groups in total. The van der Waals surface area contributed by atoms with Crippen molar-refractivity contribution in [2.24, 2.45) is 10.4 Å². The van der Waals surface area contributed by atoms with Crippen LogP contribution in [0.2, 0.25) is 0 Å². The standard InChI is InChI=1S/C17H30N4O.HI/c1-13(7-9-17(2,3)4)21-16(18-5)20-12-14-8-10-19-15(11-14)22-6;/h8,10-11,13H,7,9,12H2,1-6H3,(H2,18,20,21);1H. The first-order valence-corrected chi connectivity index (χ1v) is 7.80. The van der Waals surface area contributed by atoms with Crippen molar-refractivity contribution in [2.45, 2.75) is 53.1 Å². The molecule has 23 heavy (non-hydrogen) atoms. The number of nitrogens with zero attached hydrogens (tertiary/aromatic N) is 2. The van der Waals surface area contributed by atoms with Gasteiger partial charge in [-0.15, -0.1) is 24.0 Å². The Morgan fingerprint density at radius 3 is 2.65 bits per heavy atom. The lowest BCUT2D eigenvalue weighted by molar-refractivity contribution is 0.346. The van der Waals surface area contributed by atoms with Gasteiger partial charge in [0.25, 0.3) is 0 Å². The molecule has 1 rings (SSSR count). The summed E-state index contributed by atoms with van der Waals surface area (Å²) in [7, 11) is 3.41. The molecule has 1 heterocycles. The Bertz CT molecular complexity index is 486. The van der Waals surface area contributed by atoms with Crippen LogP contribution in [0.15, 0.2) is 23.3 Å². The van der Waals surface area contributed by atoms with Gasteiger partial charge in [0.05, 0.1) is 7.11 Å². The number of halogens is 1. The Morgan fingerprint density at radius 2 is 2.09 bits per heavy atom. The fourth-order valence-corrected chi connectivity index (χ4v) is 2.01. The lowest BCUT2D eigenvalue weighted by atomic mass is 9.89. The molecule has 5 nitrogen and oxygen atoms in total. The predicted octanol–water partition coefficient (Wildman–Crippen LogP) is 3.59. The number of rotatable bonds is 6. The molecule has 0 bridgehead atoms. The van der Waals surface area contributed by atoms with Gasteiger partial charge in [0, 0.05) is 31.9 Å². The third-order valence-corrected chi connectivity index (χ3v) is 3.40.